The van der Waals surface area contributed by atoms with E-state index in [0.717, 1.165) is 26.1 Å². The lowest BCUT2D eigenvalue weighted by molar-refractivity contribution is -0.668. The van der Waals surface area contributed by atoms with Gasteiger partial charge in [-0.15, -0.1) is 0 Å². The normalized spacial score (nSPS) is 12.6. The molecule has 0 aliphatic heterocycles. The number of aryl methyl sites for hydroxylation is 1. The van der Waals surface area contributed by atoms with Crippen molar-refractivity contribution in [2.75, 3.05) is 25.7 Å². The highest BCUT2D eigenvalue weighted by atomic mass is 32.2. The van der Waals surface area contributed by atoms with Gasteiger partial charge in [0.25, 0.3) is 15.1 Å². The predicted octanol–water partition coefficient (Wildman–Crippen LogP) is 3.17. The smallest absolute Gasteiger partial charge is 0.267 e. The Balaban J connectivity index is 2.45. The summed E-state index contributed by atoms with van der Waals surface area (Å²) in [5, 5.41) is 1.75. The zero-order valence-electron chi connectivity index (χ0n) is 14.4. The van der Waals surface area contributed by atoms with Crippen LogP contribution in [0.25, 0.3) is 16.3 Å². The fraction of sp³-hybridized carbons (Fsp3) is 0.438. The molecular weight excluding hydrogens is 382 g/mol. The fourth-order valence-electron chi connectivity index (χ4n) is 2.35. The number of hydrogen-bond acceptors (Lipinski definition) is 6. The molecule has 0 atom stereocenters. The van der Waals surface area contributed by atoms with E-state index < -0.39 is 10.1 Å². The van der Waals surface area contributed by atoms with E-state index in [0.29, 0.717) is 19.6 Å². The van der Waals surface area contributed by atoms with Crippen molar-refractivity contribution >= 4 is 49.5 Å². The average molecular weight is 405 g/mol. The quantitative estimate of drug-likeness (QED) is 0.393. The molecule has 6 nitrogen and oxygen atoms in total. The van der Waals surface area contributed by atoms with Gasteiger partial charge >= 0.3 is 0 Å². The molecule has 1 heterocycles. The average Bonchev–Trinajstić information content (AvgIpc) is 2.90. The van der Waals surface area contributed by atoms with Crippen LogP contribution in [0.2, 0.25) is 0 Å². The number of hydrogen-bond donors (Lipinski definition) is 1. The third kappa shape index (κ3) is 5.60. The number of methoxy groups -OCH3 is 1. The Hall–Kier alpha value is -1.29. The monoisotopic (exact) mass is 404 g/mol. The van der Waals surface area contributed by atoms with Crippen molar-refractivity contribution in [1.29, 1.82) is 0 Å². The van der Waals surface area contributed by atoms with Crippen LogP contribution in [-0.2, 0) is 21.4 Å². The first kappa shape index (κ1) is 20.0. The van der Waals surface area contributed by atoms with Crippen molar-refractivity contribution in [1.82, 2.24) is 0 Å². The lowest BCUT2D eigenvalue weighted by Crippen LogP contribution is -2.36. The third-order valence-electron chi connectivity index (χ3n) is 3.45. The van der Waals surface area contributed by atoms with E-state index in [2.05, 4.69) is 0 Å². The topological polar surface area (TPSA) is 76.7 Å². The van der Waals surface area contributed by atoms with Crippen LogP contribution in [0.3, 0.4) is 0 Å². The molecule has 0 aliphatic rings. The molecule has 0 saturated carbocycles. The van der Waals surface area contributed by atoms with Gasteiger partial charge in [-0.05, 0) is 25.3 Å². The van der Waals surface area contributed by atoms with Crippen LogP contribution in [0, 0.1) is 0 Å². The molecule has 2 aromatic rings. The molecule has 0 fully saturated rings. The van der Waals surface area contributed by atoms with Gasteiger partial charge in [0.1, 0.15) is 10.4 Å². The summed E-state index contributed by atoms with van der Waals surface area (Å²) in [5.74, 6) is 0.463. The maximum Gasteiger partial charge on any atom is 0.267 e. The molecule has 0 bridgehead atoms. The van der Waals surface area contributed by atoms with Crippen LogP contribution in [0.5, 0.6) is 5.75 Å². The largest absolute Gasteiger partial charge is 0.497 e. The number of ether oxygens (including phenoxy) is 2. The van der Waals surface area contributed by atoms with Gasteiger partial charge < -0.3 is 9.47 Å². The predicted molar refractivity (Wildman–Crippen MR) is 103 cm³/mol. The van der Waals surface area contributed by atoms with Crippen LogP contribution < -0.4 is 9.30 Å². The van der Waals surface area contributed by atoms with Gasteiger partial charge in [0.2, 0.25) is 5.52 Å². The molecule has 0 spiro atoms. The number of nitrogens with zero attached hydrogens (tertiary/aromatic N) is 1. The highest BCUT2D eigenvalue weighted by molar-refractivity contribution is 8.02. The summed E-state index contributed by atoms with van der Waals surface area (Å²) in [4.78, 5) is 0. The zero-order chi connectivity index (χ0) is 18.4. The van der Waals surface area contributed by atoms with Gasteiger partial charge in [-0.1, -0.05) is 23.1 Å². The summed E-state index contributed by atoms with van der Waals surface area (Å²) in [5.41, 5.74) is 0.961. The van der Waals surface area contributed by atoms with Crippen molar-refractivity contribution in [3.8, 4) is 5.75 Å². The fourth-order valence-corrected chi connectivity index (χ4v) is 4.49. The molecule has 0 amide bonds. The maximum atomic E-state index is 11.0. The first-order valence-electron chi connectivity index (χ1n) is 7.72. The van der Waals surface area contributed by atoms with E-state index in [-0.39, 0.29) is 5.75 Å². The molecule has 0 radical (unpaired) electrons. The lowest BCUT2D eigenvalue weighted by atomic mass is 10.3. The standard InChI is InChI=1S/C16H21NO5S3/c1-4-22-16(23-3)11-15-17(8-5-9-25(18,19)20)13-10-12(21-2)6-7-14(13)24-15/h6-7,10-11H,4-5,8-9H2,1-3H3/p+1. The summed E-state index contributed by atoms with van der Waals surface area (Å²) in [6, 6.07) is 5.80. The maximum absolute atomic E-state index is 11.0. The molecule has 0 unspecified atom stereocenters. The van der Waals surface area contributed by atoms with E-state index in [1.165, 1.54) is 11.8 Å². The Morgan fingerprint density at radius 1 is 1.44 bits per heavy atom. The Kier molecular flexibility index (Phi) is 7.12. The van der Waals surface area contributed by atoms with E-state index >= 15 is 0 Å². The molecule has 0 saturated heterocycles. The number of benzene rings is 1. The molecule has 0 aliphatic carbocycles. The molecule has 9 heteroatoms. The molecule has 1 aromatic carbocycles. The minimum atomic E-state index is -3.97. The SMILES string of the molecule is CCOC(=Cc1sc2ccc(OC)cc2[n+]1CCCS(=O)(=O)O)SC. The first-order chi connectivity index (χ1) is 11.9. The van der Waals surface area contributed by atoms with Gasteiger partial charge in [-0.25, -0.2) is 0 Å². The Labute approximate surface area is 156 Å². The van der Waals surface area contributed by atoms with Crippen LogP contribution in [0.1, 0.15) is 18.4 Å². The third-order valence-corrected chi connectivity index (χ3v) is 6.01. The number of fused-ring (bicyclic) bond motifs is 1. The highest BCUT2D eigenvalue weighted by Crippen LogP contribution is 2.27. The minimum Gasteiger partial charge on any atom is -0.497 e. The van der Waals surface area contributed by atoms with Crippen molar-refractivity contribution in [2.24, 2.45) is 0 Å². The van der Waals surface area contributed by atoms with Crippen molar-refractivity contribution in [2.45, 2.75) is 19.9 Å². The summed E-state index contributed by atoms with van der Waals surface area (Å²) in [6.45, 7) is 2.97. The van der Waals surface area contributed by atoms with Crippen LogP contribution in [-0.4, -0.2) is 38.7 Å². The van der Waals surface area contributed by atoms with Gasteiger partial charge in [0.15, 0.2) is 11.6 Å². The molecule has 25 heavy (non-hydrogen) atoms. The summed E-state index contributed by atoms with van der Waals surface area (Å²) in [6.07, 6.45) is 4.22. The van der Waals surface area contributed by atoms with Gasteiger partial charge in [-0.3, -0.25) is 4.55 Å². The van der Waals surface area contributed by atoms with Crippen molar-refractivity contribution < 1.29 is 27.0 Å². The summed E-state index contributed by atoms with van der Waals surface area (Å²) in [7, 11) is -2.36. The second-order valence-electron chi connectivity index (χ2n) is 5.17. The summed E-state index contributed by atoms with van der Waals surface area (Å²) >= 11 is 3.11. The van der Waals surface area contributed by atoms with Gasteiger partial charge in [0.05, 0.1) is 31.6 Å². The van der Waals surface area contributed by atoms with Crippen LogP contribution >= 0.6 is 23.1 Å². The Morgan fingerprint density at radius 2 is 2.20 bits per heavy atom. The number of thioether (sulfide) groups is 1. The summed E-state index contributed by atoms with van der Waals surface area (Å²) < 4.78 is 45.0. The van der Waals surface area contributed by atoms with E-state index in [9.17, 15) is 8.42 Å². The Bertz CT molecular complexity index is 858. The van der Waals surface area contributed by atoms with Crippen LogP contribution in [0.15, 0.2) is 23.3 Å². The molecule has 1 aromatic heterocycles. The van der Waals surface area contributed by atoms with Gasteiger partial charge in [0, 0.05) is 6.42 Å². The molecule has 2 rings (SSSR count). The lowest BCUT2D eigenvalue weighted by Gasteiger charge is -2.03. The van der Waals surface area contributed by atoms with Crippen molar-refractivity contribution in [3.63, 3.8) is 0 Å². The number of rotatable bonds is 9. The molecule has 138 valence electrons. The van der Waals surface area contributed by atoms with Gasteiger partial charge in [-0.2, -0.15) is 13.0 Å². The zero-order valence-corrected chi connectivity index (χ0v) is 16.8. The van der Waals surface area contributed by atoms with E-state index in [1.807, 2.05) is 42.0 Å². The molecular formula is C16H22NO5S3+. The Morgan fingerprint density at radius 3 is 2.80 bits per heavy atom. The second-order valence-corrected chi connectivity index (χ2v) is 8.61. The van der Waals surface area contributed by atoms with E-state index in [1.54, 1.807) is 18.4 Å². The first-order valence-corrected chi connectivity index (χ1v) is 11.4. The second kappa shape index (κ2) is 8.88. The minimum absolute atomic E-state index is 0.273. The van der Waals surface area contributed by atoms with Crippen molar-refractivity contribution in [3.05, 3.63) is 28.3 Å². The number of thiazole rings is 1. The number of aromatic nitrogens is 1. The molecule has 1 N–H and O–H groups in total. The van der Waals surface area contributed by atoms with Crippen LogP contribution in [0.4, 0.5) is 0 Å². The van der Waals surface area contributed by atoms with E-state index in [4.69, 9.17) is 14.0 Å². The highest BCUT2D eigenvalue weighted by Gasteiger charge is 2.21.